The Labute approximate surface area is 168 Å². The quantitative estimate of drug-likeness (QED) is 0.758. The van der Waals surface area contributed by atoms with Crippen molar-refractivity contribution in [1.82, 2.24) is 9.55 Å². The lowest BCUT2D eigenvalue weighted by molar-refractivity contribution is -0.118. The fraction of sp³-hybridized carbons (Fsp3) is 0.389. The van der Waals surface area contributed by atoms with E-state index in [0.29, 0.717) is 0 Å². The number of cyclic esters (lactones) is 1. The number of fused-ring (bicyclic) bond motifs is 3. The van der Waals surface area contributed by atoms with Crippen molar-refractivity contribution in [2.75, 3.05) is 23.4 Å². The number of halogens is 3. The number of ether oxygens (including phenoxy) is 2. The van der Waals surface area contributed by atoms with E-state index in [9.17, 15) is 22.8 Å². The minimum atomic E-state index is -2.83. The summed E-state index contributed by atoms with van der Waals surface area (Å²) in [5.74, 6) is -1.11. The first-order valence-corrected chi connectivity index (χ1v) is 9.10. The zero-order chi connectivity index (χ0) is 21.6. The van der Waals surface area contributed by atoms with E-state index in [1.54, 1.807) is 0 Å². The molecule has 1 saturated heterocycles. The van der Waals surface area contributed by atoms with Crippen LogP contribution in [0.5, 0.6) is 5.75 Å². The van der Waals surface area contributed by atoms with Crippen LogP contribution in [0.4, 0.5) is 29.5 Å². The Morgan fingerprint density at radius 1 is 1.37 bits per heavy atom. The van der Waals surface area contributed by atoms with Crippen molar-refractivity contribution in [2.24, 2.45) is 5.73 Å². The number of nitrogens with zero attached hydrogens (tertiary/aromatic N) is 3. The van der Waals surface area contributed by atoms with E-state index in [1.807, 2.05) is 0 Å². The van der Waals surface area contributed by atoms with Gasteiger partial charge in [0.05, 0.1) is 12.1 Å². The molecule has 4 rings (SSSR count). The number of primary amides is 1. The average Bonchev–Trinajstić information content (AvgIpc) is 3.20. The molecule has 12 heteroatoms. The standard InChI is InChI=1S/C18H18F3N5O4/c1-8(16(22)27)23-9-4-10(19)14-12(5-9)29-3-2-25-6-13(24-17(14)25)26-11(15(20)21)7-30-18(26)28/h4-6,8,11,15,23H,2-3,7H2,1H3,(H2,22,27)/t8-,11?/m0/s1. The van der Waals surface area contributed by atoms with E-state index in [-0.39, 0.29) is 41.8 Å². The Bertz CT molecular complexity index is 1010. The average molecular weight is 425 g/mol. The molecule has 2 amide bonds. The number of benzene rings is 1. The van der Waals surface area contributed by atoms with Crippen molar-refractivity contribution in [2.45, 2.75) is 32.0 Å². The van der Waals surface area contributed by atoms with E-state index in [2.05, 4.69) is 10.3 Å². The Hall–Kier alpha value is -3.44. The second kappa shape index (κ2) is 7.43. The zero-order valence-electron chi connectivity index (χ0n) is 15.8. The summed E-state index contributed by atoms with van der Waals surface area (Å²) in [5.41, 5.74) is 5.51. The van der Waals surface area contributed by atoms with E-state index < -0.39 is 42.9 Å². The minimum Gasteiger partial charge on any atom is -0.491 e. The first kappa shape index (κ1) is 19.9. The van der Waals surface area contributed by atoms with Crippen LogP contribution in [0.1, 0.15) is 6.92 Å². The molecule has 2 aliphatic rings. The first-order chi connectivity index (χ1) is 14.3. The molecule has 160 valence electrons. The molecule has 3 N–H and O–H groups in total. The van der Waals surface area contributed by atoms with Crippen LogP contribution in [0.15, 0.2) is 18.3 Å². The maximum Gasteiger partial charge on any atom is 0.416 e. The number of alkyl halides is 2. The Morgan fingerprint density at radius 3 is 2.83 bits per heavy atom. The molecule has 0 spiro atoms. The van der Waals surface area contributed by atoms with Crippen LogP contribution in [0.25, 0.3) is 11.4 Å². The Morgan fingerprint density at radius 2 is 2.13 bits per heavy atom. The van der Waals surface area contributed by atoms with Gasteiger partial charge in [-0.2, -0.15) is 0 Å². The smallest absolute Gasteiger partial charge is 0.416 e. The number of hydrogen-bond acceptors (Lipinski definition) is 6. The van der Waals surface area contributed by atoms with Gasteiger partial charge in [0.1, 0.15) is 42.7 Å². The number of rotatable bonds is 5. The van der Waals surface area contributed by atoms with Crippen molar-refractivity contribution in [3.8, 4) is 17.1 Å². The summed E-state index contributed by atoms with van der Waals surface area (Å²) in [7, 11) is 0. The fourth-order valence-electron chi connectivity index (χ4n) is 3.34. The van der Waals surface area contributed by atoms with Crippen LogP contribution in [-0.2, 0) is 16.1 Å². The van der Waals surface area contributed by atoms with Gasteiger partial charge < -0.3 is 25.1 Å². The summed E-state index contributed by atoms with van der Waals surface area (Å²) in [6.07, 6.45) is -2.38. The van der Waals surface area contributed by atoms with Gasteiger partial charge in [-0.1, -0.05) is 0 Å². The predicted molar refractivity (Wildman–Crippen MR) is 99.0 cm³/mol. The molecule has 0 bridgehead atoms. The number of carbonyl (C=O) groups excluding carboxylic acids is 2. The number of nitrogens with one attached hydrogen (secondary N) is 1. The summed E-state index contributed by atoms with van der Waals surface area (Å²) in [6.45, 7) is 1.46. The molecule has 2 aliphatic heterocycles. The van der Waals surface area contributed by atoms with Gasteiger partial charge >= 0.3 is 6.09 Å². The van der Waals surface area contributed by atoms with Gasteiger partial charge in [-0.05, 0) is 13.0 Å². The molecular formula is C18H18F3N5O4. The molecule has 0 radical (unpaired) electrons. The van der Waals surface area contributed by atoms with Crippen LogP contribution in [-0.4, -0.2) is 53.3 Å². The lowest BCUT2D eigenvalue weighted by Crippen LogP contribution is -2.38. The summed E-state index contributed by atoms with van der Waals surface area (Å²) in [6, 6.07) is 0.430. The normalized spacial score (nSPS) is 18.9. The maximum absolute atomic E-state index is 15.0. The second-order valence-electron chi connectivity index (χ2n) is 6.91. The van der Waals surface area contributed by atoms with Gasteiger partial charge in [0.15, 0.2) is 5.82 Å². The van der Waals surface area contributed by atoms with Crippen molar-refractivity contribution in [3.05, 3.63) is 24.1 Å². The van der Waals surface area contributed by atoms with Crippen molar-refractivity contribution in [1.29, 1.82) is 0 Å². The third-order valence-electron chi connectivity index (χ3n) is 4.88. The van der Waals surface area contributed by atoms with Crippen molar-refractivity contribution in [3.63, 3.8) is 0 Å². The summed E-state index contributed by atoms with van der Waals surface area (Å²) in [4.78, 5) is 28.2. The second-order valence-corrected chi connectivity index (χ2v) is 6.91. The molecule has 1 unspecified atom stereocenters. The van der Waals surface area contributed by atoms with Gasteiger partial charge in [0, 0.05) is 18.0 Å². The molecule has 2 atom stereocenters. The highest BCUT2D eigenvalue weighted by molar-refractivity contribution is 5.90. The number of anilines is 2. The summed E-state index contributed by atoms with van der Waals surface area (Å²) in [5, 5.41) is 2.78. The monoisotopic (exact) mass is 425 g/mol. The number of aromatic nitrogens is 2. The number of amides is 2. The third kappa shape index (κ3) is 3.37. The number of hydrogen-bond donors (Lipinski definition) is 2. The molecule has 3 heterocycles. The van der Waals surface area contributed by atoms with Crippen LogP contribution in [0.3, 0.4) is 0 Å². The van der Waals surface area contributed by atoms with Gasteiger partial charge in [-0.3, -0.25) is 4.79 Å². The van der Waals surface area contributed by atoms with Gasteiger partial charge in [0.25, 0.3) is 6.43 Å². The highest BCUT2D eigenvalue weighted by atomic mass is 19.3. The highest BCUT2D eigenvalue weighted by Gasteiger charge is 2.42. The Kier molecular flexibility index (Phi) is 4.92. The van der Waals surface area contributed by atoms with Crippen LogP contribution in [0, 0.1) is 5.82 Å². The van der Waals surface area contributed by atoms with Crippen LogP contribution >= 0.6 is 0 Å². The number of nitrogens with two attached hydrogens (primary N) is 1. The van der Waals surface area contributed by atoms with E-state index in [1.165, 1.54) is 23.8 Å². The fourth-order valence-corrected chi connectivity index (χ4v) is 3.34. The molecule has 0 aliphatic carbocycles. The molecule has 1 aromatic carbocycles. The molecule has 1 fully saturated rings. The third-order valence-corrected chi connectivity index (χ3v) is 4.88. The van der Waals surface area contributed by atoms with Gasteiger partial charge in [-0.15, -0.1) is 0 Å². The maximum atomic E-state index is 15.0. The zero-order valence-corrected chi connectivity index (χ0v) is 15.8. The van der Waals surface area contributed by atoms with Crippen LogP contribution < -0.4 is 20.7 Å². The number of imidazole rings is 1. The van der Waals surface area contributed by atoms with Crippen molar-refractivity contribution < 1.29 is 32.2 Å². The first-order valence-electron chi connectivity index (χ1n) is 9.10. The highest BCUT2D eigenvalue weighted by Crippen LogP contribution is 2.39. The molecule has 9 nitrogen and oxygen atoms in total. The largest absolute Gasteiger partial charge is 0.491 e. The molecule has 2 aromatic rings. The number of carbonyl (C=O) groups is 2. The summed E-state index contributed by atoms with van der Waals surface area (Å²) >= 11 is 0. The molecule has 1 aromatic heterocycles. The van der Waals surface area contributed by atoms with Gasteiger partial charge in [-0.25, -0.2) is 27.8 Å². The molecular weight excluding hydrogens is 407 g/mol. The lowest BCUT2D eigenvalue weighted by Gasteiger charge is -2.18. The SMILES string of the molecule is C[C@H](Nc1cc(F)c2c(c1)OCCn1cc(N3C(=O)OCC3C(F)F)nc1-2)C(N)=O. The van der Waals surface area contributed by atoms with Crippen LogP contribution in [0.2, 0.25) is 0 Å². The summed E-state index contributed by atoms with van der Waals surface area (Å²) < 4.78 is 53.4. The van der Waals surface area contributed by atoms with Gasteiger partial charge in [0.2, 0.25) is 5.91 Å². The van der Waals surface area contributed by atoms with E-state index in [4.69, 9.17) is 15.2 Å². The van der Waals surface area contributed by atoms with Crippen molar-refractivity contribution >= 4 is 23.5 Å². The topological polar surface area (TPSA) is 112 Å². The molecule has 0 saturated carbocycles. The lowest BCUT2D eigenvalue weighted by atomic mass is 10.1. The predicted octanol–water partition coefficient (Wildman–Crippen LogP) is 1.96. The van der Waals surface area contributed by atoms with E-state index >= 15 is 0 Å². The van der Waals surface area contributed by atoms with E-state index in [0.717, 1.165) is 11.0 Å². The molecule has 30 heavy (non-hydrogen) atoms. The minimum absolute atomic E-state index is 0.0113. The Balaban J connectivity index is 1.74.